The first-order valence-corrected chi connectivity index (χ1v) is 7.76. The number of hydrogen-bond donors (Lipinski definition) is 1. The molecule has 2 aliphatic heterocycles. The largest absolute Gasteiger partial charge is 0.373 e. The van der Waals surface area contributed by atoms with E-state index < -0.39 is 0 Å². The second-order valence-corrected chi connectivity index (χ2v) is 6.77. The minimum atomic E-state index is 0.361. The number of imidazole rings is 1. The van der Waals surface area contributed by atoms with Crippen molar-refractivity contribution in [3.63, 3.8) is 0 Å². The lowest BCUT2D eigenvalue weighted by atomic mass is 9.95. The highest BCUT2D eigenvalue weighted by molar-refractivity contribution is 14.1. The van der Waals surface area contributed by atoms with Crippen LogP contribution in [0.2, 0.25) is 0 Å². The van der Waals surface area contributed by atoms with Gasteiger partial charge in [0.15, 0.2) is 4.77 Å². The van der Waals surface area contributed by atoms with Crippen LogP contribution in [0.25, 0.3) is 11.0 Å². The van der Waals surface area contributed by atoms with Gasteiger partial charge in [0.25, 0.3) is 0 Å². The van der Waals surface area contributed by atoms with E-state index in [1.807, 2.05) is 0 Å². The van der Waals surface area contributed by atoms with Crippen LogP contribution < -0.4 is 0 Å². The Kier molecular flexibility index (Phi) is 2.57. The molecule has 2 saturated heterocycles. The number of rotatable bonds is 1. The molecule has 0 amide bonds. The SMILES string of the molecule is S=c1[nH]c2cc(I)ccc2n1C1CC2CCC1O2. The summed E-state index contributed by atoms with van der Waals surface area (Å²) in [6, 6.07) is 6.87. The normalized spacial score (nSPS) is 30.4. The average molecular weight is 372 g/mol. The number of aromatic nitrogens is 2. The Morgan fingerprint density at radius 2 is 2.28 bits per heavy atom. The fourth-order valence-electron chi connectivity index (χ4n) is 3.32. The van der Waals surface area contributed by atoms with Gasteiger partial charge in [-0.05, 0) is 72.3 Å². The second kappa shape index (κ2) is 4.05. The molecule has 2 aromatic rings. The summed E-state index contributed by atoms with van der Waals surface area (Å²) in [5, 5.41) is 0. The van der Waals surface area contributed by atoms with E-state index in [0.29, 0.717) is 18.2 Å². The van der Waals surface area contributed by atoms with E-state index in [1.54, 1.807) is 0 Å². The number of benzene rings is 1. The minimum Gasteiger partial charge on any atom is -0.373 e. The molecule has 94 valence electrons. The molecule has 1 aromatic carbocycles. The highest BCUT2D eigenvalue weighted by Gasteiger charge is 2.42. The van der Waals surface area contributed by atoms with Crippen LogP contribution in [0.5, 0.6) is 0 Å². The van der Waals surface area contributed by atoms with E-state index in [2.05, 4.69) is 50.3 Å². The summed E-state index contributed by atoms with van der Waals surface area (Å²) in [7, 11) is 0. The Hall–Kier alpha value is -0.400. The van der Waals surface area contributed by atoms with E-state index in [9.17, 15) is 0 Å². The number of nitrogens with one attached hydrogen (secondary N) is 1. The number of ether oxygens (including phenoxy) is 1. The Balaban J connectivity index is 1.90. The number of halogens is 1. The van der Waals surface area contributed by atoms with E-state index in [0.717, 1.165) is 16.7 Å². The van der Waals surface area contributed by atoms with Crippen molar-refractivity contribution < 1.29 is 4.74 Å². The molecule has 0 aliphatic carbocycles. The molecule has 2 aliphatic rings. The molecule has 3 nitrogen and oxygen atoms in total. The fourth-order valence-corrected chi connectivity index (χ4v) is 4.15. The molecule has 18 heavy (non-hydrogen) atoms. The summed E-state index contributed by atoms with van der Waals surface area (Å²) in [6.45, 7) is 0. The lowest BCUT2D eigenvalue weighted by molar-refractivity contribution is 0.0941. The van der Waals surface area contributed by atoms with Gasteiger partial charge in [-0.3, -0.25) is 0 Å². The van der Waals surface area contributed by atoms with Crippen LogP contribution in [0.4, 0.5) is 0 Å². The maximum Gasteiger partial charge on any atom is 0.178 e. The Morgan fingerprint density at radius 3 is 3.00 bits per heavy atom. The standard InChI is InChI=1S/C13H13IN2OS/c14-7-1-3-10-9(5-7)15-13(18)16(10)11-6-8-2-4-12(11)17-8/h1,3,5,8,11-12H,2,4,6H2,(H,15,18). The zero-order chi connectivity index (χ0) is 12.3. The lowest BCUT2D eigenvalue weighted by Crippen LogP contribution is -2.20. The van der Waals surface area contributed by atoms with Crippen molar-refractivity contribution in [3.8, 4) is 0 Å². The minimum absolute atomic E-state index is 0.361. The van der Waals surface area contributed by atoms with E-state index in [1.165, 1.54) is 21.9 Å². The Bertz CT molecular complexity index is 677. The van der Waals surface area contributed by atoms with Crippen LogP contribution in [-0.4, -0.2) is 21.8 Å². The number of H-pyrrole nitrogens is 1. The summed E-state index contributed by atoms with van der Waals surface area (Å²) in [6.07, 6.45) is 4.32. The van der Waals surface area contributed by atoms with Gasteiger partial charge in [0.1, 0.15) is 0 Å². The molecule has 0 radical (unpaired) electrons. The predicted octanol–water partition coefficient (Wildman–Crippen LogP) is 3.80. The van der Waals surface area contributed by atoms with Crippen molar-refractivity contribution in [2.24, 2.45) is 0 Å². The molecule has 4 rings (SSSR count). The molecule has 1 N–H and O–H groups in total. The van der Waals surface area contributed by atoms with Crippen molar-refractivity contribution in [2.45, 2.75) is 37.5 Å². The molecule has 2 fully saturated rings. The Morgan fingerprint density at radius 1 is 1.39 bits per heavy atom. The van der Waals surface area contributed by atoms with Crippen molar-refractivity contribution in [1.29, 1.82) is 0 Å². The van der Waals surface area contributed by atoms with Gasteiger partial charge in [-0.1, -0.05) is 0 Å². The van der Waals surface area contributed by atoms with Crippen molar-refractivity contribution in [3.05, 3.63) is 26.5 Å². The Labute approximate surface area is 124 Å². The highest BCUT2D eigenvalue weighted by atomic mass is 127. The predicted molar refractivity (Wildman–Crippen MR) is 81.4 cm³/mol. The molecule has 3 heterocycles. The van der Waals surface area contributed by atoms with E-state index in [-0.39, 0.29) is 0 Å². The number of aromatic amines is 1. The quantitative estimate of drug-likeness (QED) is 0.610. The van der Waals surface area contributed by atoms with Gasteiger partial charge < -0.3 is 14.3 Å². The first-order valence-electron chi connectivity index (χ1n) is 6.27. The third-order valence-corrected chi connectivity index (χ3v) is 5.05. The smallest absolute Gasteiger partial charge is 0.178 e. The second-order valence-electron chi connectivity index (χ2n) is 5.14. The van der Waals surface area contributed by atoms with E-state index >= 15 is 0 Å². The van der Waals surface area contributed by atoms with E-state index in [4.69, 9.17) is 17.0 Å². The van der Waals surface area contributed by atoms with Crippen LogP contribution >= 0.6 is 34.8 Å². The van der Waals surface area contributed by atoms with Gasteiger partial charge >= 0.3 is 0 Å². The molecule has 0 saturated carbocycles. The maximum atomic E-state index is 5.95. The number of hydrogen-bond acceptors (Lipinski definition) is 2. The monoisotopic (exact) mass is 372 g/mol. The molecule has 3 atom stereocenters. The molecule has 5 heteroatoms. The maximum absolute atomic E-state index is 5.95. The summed E-state index contributed by atoms with van der Waals surface area (Å²) >= 11 is 7.83. The summed E-state index contributed by atoms with van der Waals surface area (Å²) < 4.78 is 10.3. The van der Waals surface area contributed by atoms with Crippen LogP contribution in [0.3, 0.4) is 0 Å². The van der Waals surface area contributed by atoms with Gasteiger partial charge in [0.05, 0.1) is 29.3 Å². The van der Waals surface area contributed by atoms with Gasteiger partial charge in [0, 0.05) is 3.57 Å². The fraction of sp³-hybridized carbons (Fsp3) is 0.462. The summed E-state index contributed by atoms with van der Waals surface area (Å²) in [4.78, 5) is 3.32. The third kappa shape index (κ3) is 1.60. The lowest BCUT2D eigenvalue weighted by Gasteiger charge is -2.20. The van der Waals surface area contributed by atoms with Gasteiger partial charge in [0.2, 0.25) is 0 Å². The zero-order valence-electron chi connectivity index (χ0n) is 9.73. The van der Waals surface area contributed by atoms with Gasteiger partial charge in [-0.25, -0.2) is 0 Å². The van der Waals surface area contributed by atoms with Crippen LogP contribution in [0, 0.1) is 8.34 Å². The molecule has 1 aromatic heterocycles. The topological polar surface area (TPSA) is 29.9 Å². The zero-order valence-corrected chi connectivity index (χ0v) is 12.7. The van der Waals surface area contributed by atoms with Crippen molar-refractivity contribution >= 4 is 45.8 Å². The molecule has 0 spiro atoms. The molecule has 2 bridgehead atoms. The third-order valence-electron chi connectivity index (χ3n) is 4.08. The van der Waals surface area contributed by atoms with Crippen LogP contribution in [0.1, 0.15) is 25.3 Å². The molecular weight excluding hydrogens is 359 g/mol. The van der Waals surface area contributed by atoms with Crippen molar-refractivity contribution in [1.82, 2.24) is 9.55 Å². The van der Waals surface area contributed by atoms with Gasteiger partial charge in [-0.2, -0.15) is 0 Å². The molecular formula is C13H13IN2OS. The average Bonchev–Trinajstić information content (AvgIpc) is 3.00. The summed E-state index contributed by atoms with van der Waals surface area (Å²) in [5.74, 6) is 0. The van der Waals surface area contributed by atoms with Crippen LogP contribution in [-0.2, 0) is 4.74 Å². The van der Waals surface area contributed by atoms with Crippen LogP contribution in [0.15, 0.2) is 18.2 Å². The number of fused-ring (bicyclic) bond motifs is 3. The highest BCUT2D eigenvalue weighted by Crippen LogP contribution is 2.42. The first kappa shape index (κ1) is 11.4. The molecule has 3 unspecified atom stereocenters. The number of nitrogens with zero attached hydrogens (tertiary/aromatic N) is 1. The van der Waals surface area contributed by atoms with Crippen molar-refractivity contribution in [2.75, 3.05) is 0 Å². The first-order chi connectivity index (χ1) is 8.72. The summed E-state index contributed by atoms with van der Waals surface area (Å²) in [5.41, 5.74) is 2.34. The van der Waals surface area contributed by atoms with Gasteiger partial charge in [-0.15, -0.1) is 0 Å².